The Morgan fingerprint density at radius 1 is 1.22 bits per heavy atom. The van der Waals surface area contributed by atoms with E-state index in [1.165, 1.54) is 36.4 Å². The van der Waals surface area contributed by atoms with Crippen LogP contribution in [0, 0.1) is 11.6 Å². The Morgan fingerprint density at radius 3 is 2.74 bits per heavy atom. The van der Waals surface area contributed by atoms with Crippen molar-refractivity contribution >= 4 is 11.6 Å². The van der Waals surface area contributed by atoms with Crippen LogP contribution in [-0.2, 0) is 0 Å². The highest BCUT2D eigenvalue weighted by Gasteiger charge is 2.24. The molecule has 2 aromatic rings. The molecule has 0 saturated heterocycles. The van der Waals surface area contributed by atoms with Crippen molar-refractivity contribution in [1.29, 1.82) is 0 Å². The van der Waals surface area contributed by atoms with E-state index in [1.54, 1.807) is 12.1 Å². The Morgan fingerprint density at radius 2 is 2.04 bits per heavy atom. The second-order valence-corrected chi connectivity index (χ2v) is 5.08. The van der Waals surface area contributed by atoms with E-state index in [4.69, 9.17) is 4.74 Å². The lowest BCUT2D eigenvalue weighted by molar-refractivity contribution is 0.0778. The van der Waals surface area contributed by atoms with Crippen LogP contribution in [0.2, 0.25) is 0 Å². The SMILES string of the molecule is COc1ccc(C2=NN(C(=O)c3cccc(F)c3)CC2)c(F)c1. The monoisotopic (exact) mass is 316 g/mol. The fourth-order valence-corrected chi connectivity index (χ4v) is 2.42. The molecule has 0 fully saturated rings. The van der Waals surface area contributed by atoms with E-state index >= 15 is 0 Å². The minimum absolute atomic E-state index is 0.213. The third-order valence-electron chi connectivity index (χ3n) is 3.59. The molecule has 0 spiro atoms. The molecule has 2 aromatic carbocycles. The zero-order valence-electron chi connectivity index (χ0n) is 12.4. The fourth-order valence-electron chi connectivity index (χ4n) is 2.42. The minimum atomic E-state index is -0.486. The molecular weight excluding hydrogens is 302 g/mol. The predicted octanol–water partition coefficient (Wildman–Crippen LogP) is 3.22. The maximum Gasteiger partial charge on any atom is 0.274 e. The molecule has 1 aliphatic heterocycles. The highest BCUT2D eigenvalue weighted by Crippen LogP contribution is 2.22. The van der Waals surface area contributed by atoms with Gasteiger partial charge < -0.3 is 4.74 Å². The third kappa shape index (κ3) is 3.06. The van der Waals surface area contributed by atoms with Crippen molar-refractivity contribution in [2.24, 2.45) is 5.10 Å². The van der Waals surface area contributed by atoms with E-state index in [1.807, 2.05) is 0 Å². The Hall–Kier alpha value is -2.76. The molecule has 6 heteroatoms. The van der Waals surface area contributed by atoms with Crippen LogP contribution in [0.15, 0.2) is 47.6 Å². The van der Waals surface area contributed by atoms with Crippen LogP contribution >= 0.6 is 0 Å². The van der Waals surface area contributed by atoms with E-state index < -0.39 is 17.5 Å². The number of nitrogens with zero attached hydrogens (tertiary/aromatic N) is 2. The zero-order valence-corrected chi connectivity index (χ0v) is 12.4. The van der Waals surface area contributed by atoms with Crippen molar-refractivity contribution in [3.63, 3.8) is 0 Å². The highest BCUT2D eigenvalue weighted by molar-refractivity contribution is 6.04. The van der Waals surface area contributed by atoms with Crippen molar-refractivity contribution in [2.45, 2.75) is 6.42 Å². The fraction of sp³-hybridized carbons (Fsp3) is 0.176. The number of rotatable bonds is 3. The lowest BCUT2D eigenvalue weighted by Crippen LogP contribution is -2.23. The van der Waals surface area contributed by atoms with Gasteiger partial charge in [-0.05, 0) is 30.3 Å². The summed E-state index contributed by atoms with van der Waals surface area (Å²) in [5.74, 6) is -0.936. The number of carbonyl (C=O) groups excluding carboxylic acids is 1. The molecule has 1 amide bonds. The van der Waals surface area contributed by atoms with Gasteiger partial charge in [0, 0.05) is 23.6 Å². The summed E-state index contributed by atoms with van der Waals surface area (Å²) in [6.07, 6.45) is 0.435. The standard InChI is InChI=1S/C17H14F2N2O2/c1-23-13-5-6-14(15(19)10-13)16-7-8-21(20-16)17(22)11-3-2-4-12(18)9-11/h2-6,9-10H,7-8H2,1H3. The summed E-state index contributed by atoms with van der Waals surface area (Å²) in [4.78, 5) is 12.3. The third-order valence-corrected chi connectivity index (χ3v) is 3.59. The lowest BCUT2D eigenvalue weighted by Gasteiger charge is -2.11. The van der Waals surface area contributed by atoms with Crippen LogP contribution in [0.1, 0.15) is 22.3 Å². The van der Waals surface area contributed by atoms with E-state index in [-0.39, 0.29) is 5.56 Å². The molecule has 4 nitrogen and oxygen atoms in total. The molecule has 0 atom stereocenters. The van der Waals surface area contributed by atoms with Gasteiger partial charge in [-0.15, -0.1) is 0 Å². The number of hydrogen-bond acceptors (Lipinski definition) is 3. The average molecular weight is 316 g/mol. The Balaban J connectivity index is 1.85. The van der Waals surface area contributed by atoms with Gasteiger partial charge in [0.25, 0.3) is 5.91 Å². The van der Waals surface area contributed by atoms with E-state index in [2.05, 4.69) is 5.10 Å². The summed E-state index contributed by atoms with van der Waals surface area (Å²) >= 11 is 0. The molecular formula is C17H14F2N2O2. The first-order valence-electron chi connectivity index (χ1n) is 7.07. The van der Waals surface area contributed by atoms with Gasteiger partial charge in [-0.3, -0.25) is 4.79 Å². The van der Waals surface area contributed by atoms with Gasteiger partial charge in [-0.2, -0.15) is 5.10 Å². The summed E-state index contributed by atoms with van der Waals surface area (Å²) in [5.41, 5.74) is 1.03. The van der Waals surface area contributed by atoms with Crippen molar-refractivity contribution in [2.75, 3.05) is 13.7 Å². The minimum Gasteiger partial charge on any atom is -0.497 e. The number of hydrogen-bond donors (Lipinski definition) is 0. The zero-order chi connectivity index (χ0) is 16.4. The van der Waals surface area contributed by atoms with Crippen molar-refractivity contribution in [3.05, 3.63) is 65.2 Å². The maximum absolute atomic E-state index is 14.1. The van der Waals surface area contributed by atoms with Crippen LogP contribution in [0.25, 0.3) is 0 Å². The first-order valence-corrected chi connectivity index (χ1v) is 7.07. The number of hydrazone groups is 1. The van der Waals surface area contributed by atoms with Crippen molar-refractivity contribution in [3.8, 4) is 5.75 Å². The largest absolute Gasteiger partial charge is 0.497 e. The van der Waals surface area contributed by atoms with Gasteiger partial charge in [-0.1, -0.05) is 6.07 Å². The molecule has 0 saturated carbocycles. The van der Waals surface area contributed by atoms with E-state index in [0.717, 1.165) is 6.07 Å². The Kier molecular flexibility index (Phi) is 4.06. The predicted molar refractivity (Wildman–Crippen MR) is 81.5 cm³/mol. The summed E-state index contributed by atoms with van der Waals surface area (Å²) in [6, 6.07) is 9.89. The van der Waals surface area contributed by atoms with Gasteiger partial charge in [0.05, 0.1) is 19.4 Å². The number of methoxy groups -OCH3 is 1. The Labute approximate surface area is 132 Å². The molecule has 0 N–H and O–H groups in total. The van der Waals surface area contributed by atoms with E-state index in [0.29, 0.717) is 30.0 Å². The van der Waals surface area contributed by atoms with Gasteiger partial charge in [-0.25, -0.2) is 13.8 Å². The van der Waals surface area contributed by atoms with Gasteiger partial charge >= 0.3 is 0 Å². The van der Waals surface area contributed by atoms with Gasteiger partial charge in [0.2, 0.25) is 0 Å². The summed E-state index contributed by atoms with van der Waals surface area (Å²) in [7, 11) is 1.46. The van der Waals surface area contributed by atoms with Crippen LogP contribution < -0.4 is 4.74 Å². The normalized spacial score (nSPS) is 13.9. The van der Waals surface area contributed by atoms with Crippen LogP contribution in [0.4, 0.5) is 8.78 Å². The summed E-state index contributed by atoms with van der Waals surface area (Å²) in [6.45, 7) is 0.330. The molecule has 3 rings (SSSR count). The first kappa shape index (κ1) is 15.1. The quantitative estimate of drug-likeness (QED) is 0.872. The summed E-state index contributed by atoms with van der Waals surface area (Å²) < 4.78 is 32.3. The molecule has 0 aliphatic carbocycles. The number of amides is 1. The number of ether oxygens (including phenoxy) is 1. The Bertz CT molecular complexity index is 790. The molecule has 118 valence electrons. The lowest BCUT2D eigenvalue weighted by atomic mass is 10.1. The highest BCUT2D eigenvalue weighted by atomic mass is 19.1. The van der Waals surface area contributed by atoms with Crippen molar-refractivity contribution in [1.82, 2.24) is 5.01 Å². The second kappa shape index (κ2) is 6.16. The first-order chi connectivity index (χ1) is 11.1. The molecule has 23 heavy (non-hydrogen) atoms. The van der Waals surface area contributed by atoms with Crippen molar-refractivity contribution < 1.29 is 18.3 Å². The second-order valence-electron chi connectivity index (χ2n) is 5.08. The molecule has 0 bridgehead atoms. The molecule has 1 heterocycles. The molecule has 0 unspecified atom stereocenters. The number of benzene rings is 2. The smallest absolute Gasteiger partial charge is 0.274 e. The summed E-state index contributed by atoms with van der Waals surface area (Å²) in [5, 5.41) is 5.41. The van der Waals surface area contributed by atoms with E-state index in [9.17, 15) is 13.6 Å². The topological polar surface area (TPSA) is 41.9 Å². The van der Waals surface area contributed by atoms with Crippen LogP contribution in [-0.4, -0.2) is 30.3 Å². The molecule has 0 aromatic heterocycles. The molecule has 1 aliphatic rings. The average Bonchev–Trinajstić information content (AvgIpc) is 3.03. The van der Waals surface area contributed by atoms with Gasteiger partial charge in [0.15, 0.2) is 0 Å². The molecule has 0 radical (unpaired) electrons. The number of carbonyl (C=O) groups is 1. The number of halogens is 2. The van der Waals surface area contributed by atoms with Crippen LogP contribution in [0.5, 0.6) is 5.75 Å². The maximum atomic E-state index is 14.1. The van der Waals surface area contributed by atoms with Crippen LogP contribution in [0.3, 0.4) is 0 Å². The van der Waals surface area contributed by atoms with Gasteiger partial charge in [0.1, 0.15) is 17.4 Å².